The van der Waals surface area contributed by atoms with Crippen LogP contribution in [-0.4, -0.2) is 11.7 Å². The molecule has 0 saturated carbocycles. The van der Waals surface area contributed by atoms with Crippen molar-refractivity contribution in [1.29, 1.82) is 0 Å². The predicted molar refractivity (Wildman–Crippen MR) is 54.4 cm³/mol. The van der Waals surface area contributed by atoms with Crippen LogP contribution in [0.4, 0.5) is 4.39 Å². The monoisotopic (exact) mass is 197 g/mol. The van der Waals surface area contributed by atoms with E-state index in [1.54, 1.807) is 19.9 Å². The van der Waals surface area contributed by atoms with Gasteiger partial charge < -0.3 is 10.8 Å². The van der Waals surface area contributed by atoms with Gasteiger partial charge in [0.2, 0.25) is 0 Å². The average Bonchev–Trinajstić information content (AvgIpc) is 2.02. The largest absolute Gasteiger partial charge is 0.385 e. The van der Waals surface area contributed by atoms with Crippen LogP contribution in [0.15, 0.2) is 18.2 Å². The smallest absolute Gasteiger partial charge is 0.123 e. The molecule has 78 valence electrons. The van der Waals surface area contributed by atoms with Gasteiger partial charge in [-0.2, -0.15) is 0 Å². The molecule has 0 saturated heterocycles. The first-order chi connectivity index (χ1) is 6.45. The Bertz CT molecular complexity index is 303. The minimum absolute atomic E-state index is 0.322. The second-order valence-electron chi connectivity index (χ2n) is 3.83. The number of benzene rings is 1. The number of nitrogens with two attached hydrogens (primary N) is 1. The summed E-state index contributed by atoms with van der Waals surface area (Å²) in [6.07, 6.45) is 0.426. The molecule has 0 heterocycles. The molecule has 1 unspecified atom stereocenters. The Morgan fingerprint density at radius 3 is 2.57 bits per heavy atom. The summed E-state index contributed by atoms with van der Waals surface area (Å²) in [5, 5.41) is 9.99. The van der Waals surface area contributed by atoms with E-state index in [2.05, 4.69) is 0 Å². The SMILES string of the molecule is Cc1cc(F)cc(C(C)(O)CCN)c1. The van der Waals surface area contributed by atoms with Crippen molar-refractivity contribution in [3.05, 3.63) is 35.1 Å². The third-order valence-corrected chi connectivity index (χ3v) is 2.30. The molecule has 0 aliphatic heterocycles. The van der Waals surface area contributed by atoms with E-state index in [1.807, 2.05) is 0 Å². The normalized spacial score (nSPS) is 15.2. The maximum atomic E-state index is 13.1. The van der Waals surface area contributed by atoms with Crippen LogP contribution in [0.5, 0.6) is 0 Å². The number of aliphatic hydroxyl groups is 1. The fourth-order valence-electron chi connectivity index (χ4n) is 1.47. The standard InChI is InChI=1S/C11H16FNO/c1-8-5-9(7-10(12)6-8)11(2,14)3-4-13/h5-7,14H,3-4,13H2,1-2H3. The van der Waals surface area contributed by atoms with E-state index in [4.69, 9.17) is 5.73 Å². The quantitative estimate of drug-likeness (QED) is 0.774. The van der Waals surface area contributed by atoms with Crippen molar-refractivity contribution in [2.75, 3.05) is 6.54 Å². The summed E-state index contributed by atoms with van der Waals surface area (Å²) in [5.41, 5.74) is 5.72. The average molecular weight is 197 g/mol. The molecular formula is C11H16FNO. The van der Waals surface area contributed by atoms with E-state index in [9.17, 15) is 9.50 Å². The number of halogens is 1. The number of hydrogen-bond donors (Lipinski definition) is 2. The summed E-state index contributed by atoms with van der Waals surface area (Å²) in [5.74, 6) is -0.322. The van der Waals surface area contributed by atoms with Gasteiger partial charge in [-0.25, -0.2) is 4.39 Å². The van der Waals surface area contributed by atoms with Gasteiger partial charge in [-0.3, -0.25) is 0 Å². The maximum Gasteiger partial charge on any atom is 0.123 e. The Morgan fingerprint density at radius 1 is 1.43 bits per heavy atom. The van der Waals surface area contributed by atoms with Crippen molar-refractivity contribution < 1.29 is 9.50 Å². The van der Waals surface area contributed by atoms with Crippen LogP contribution >= 0.6 is 0 Å². The molecule has 1 aromatic carbocycles. The molecule has 0 aliphatic carbocycles. The Labute approximate surface area is 83.6 Å². The zero-order chi connectivity index (χ0) is 10.8. The molecule has 0 amide bonds. The van der Waals surface area contributed by atoms with Crippen LogP contribution in [0.2, 0.25) is 0 Å². The summed E-state index contributed by atoms with van der Waals surface area (Å²) in [7, 11) is 0. The first-order valence-corrected chi connectivity index (χ1v) is 4.66. The van der Waals surface area contributed by atoms with Gasteiger partial charge in [0.1, 0.15) is 5.82 Å². The molecular weight excluding hydrogens is 181 g/mol. The highest BCUT2D eigenvalue weighted by molar-refractivity contribution is 5.27. The number of hydrogen-bond acceptors (Lipinski definition) is 2. The van der Waals surface area contributed by atoms with Gasteiger partial charge >= 0.3 is 0 Å². The van der Waals surface area contributed by atoms with E-state index in [0.717, 1.165) is 5.56 Å². The maximum absolute atomic E-state index is 13.1. The third kappa shape index (κ3) is 2.53. The summed E-state index contributed by atoms with van der Waals surface area (Å²) < 4.78 is 13.1. The Kier molecular flexibility index (Phi) is 3.24. The molecule has 3 heteroatoms. The Hall–Kier alpha value is -0.930. The van der Waals surface area contributed by atoms with Crippen molar-refractivity contribution in [3.63, 3.8) is 0 Å². The minimum Gasteiger partial charge on any atom is -0.385 e. The molecule has 1 rings (SSSR count). The van der Waals surface area contributed by atoms with Gasteiger partial charge in [0, 0.05) is 0 Å². The lowest BCUT2D eigenvalue weighted by Gasteiger charge is -2.23. The topological polar surface area (TPSA) is 46.2 Å². The molecule has 0 aromatic heterocycles. The van der Waals surface area contributed by atoms with Gasteiger partial charge in [0.05, 0.1) is 5.60 Å². The molecule has 14 heavy (non-hydrogen) atoms. The first-order valence-electron chi connectivity index (χ1n) is 4.66. The summed E-state index contributed by atoms with van der Waals surface area (Å²) >= 11 is 0. The van der Waals surface area contributed by atoms with Crippen LogP contribution in [0, 0.1) is 12.7 Å². The van der Waals surface area contributed by atoms with Crippen molar-refractivity contribution in [1.82, 2.24) is 0 Å². The van der Waals surface area contributed by atoms with E-state index >= 15 is 0 Å². The van der Waals surface area contributed by atoms with E-state index in [0.29, 0.717) is 18.5 Å². The molecule has 0 bridgehead atoms. The van der Waals surface area contributed by atoms with Gasteiger partial charge in [0.25, 0.3) is 0 Å². The first kappa shape index (κ1) is 11.1. The summed E-state index contributed by atoms with van der Waals surface area (Å²) in [4.78, 5) is 0. The lowest BCUT2D eigenvalue weighted by molar-refractivity contribution is 0.0500. The van der Waals surface area contributed by atoms with Crippen molar-refractivity contribution >= 4 is 0 Å². The van der Waals surface area contributed by atoms with Crippen molar-refractivity contribution in [2.24, 2.45) is 5.73 Å². The number of aryl methyl sites for hydroxylation is 1. The molecule has 2 nitrogen and oxygen atoms in total. The van der Waals surface area contributed by atoms with E-state index in [-0.39, 0.29) is 5.82 Å². The van der Waals surface area contributed by atoms with Gasteiger partial charge in [-0.05, 0) is 50.1 Å². The molecule has 0 spiro atoms. The highest BCUT2D eigenvalue weighted by Crippen LogP contribution is 2.25. The second kappa shape index (κ2) is 4.07. The molecule has 1 aromatic rings. The Morgan fingerprint density at radius 2 is 2.07 bits per heavy atom. The predicted octanol–water partition coefficient (Wildman–Crippen LogP) is 1.69. The van der Waals surface area contributed by atoms with Crippen molar-refractivity contribution in [3.8, 4) is 0 Å². The molecule has 3 N–H and O–H groups in total. The molecule has 0 aliphatic rings. The van der Waals surface area contributed by atoms with Gasteiger partial charge in [0.15, 0.2) is 0 Å². The Balaban J connectivity index is 3.05. The highest BCUT2D eigenvalue weighted by Gasteiger charge is 2.22. The van der Waals surface area contributed by atoms with Crippen LogP contribution in [0.1, 0.15) is 24.5 Å². The van der Waals surface area contributed by atoms with Gasteiger partial charge in [-0.1, -0.05) is 6.07 Å². The fraction of sp³-hybridized carbons (Fsp3) is 0.455. The zero-order valence-electron chi connectivity index (χ0n) is 8.55. The highest BCUT2D eigenvalue weighted by atomic mass is 19.1. The molecule has 0 fully saturated rings. The van der Waals surface area contributed by atoms with Gasteiger partial charge in [-0.15, -0.1) is 0 Å². The second-order valence-corrected chi connectivity index (χ2v) is 3.83. The molecule has 0 radical (unpaired) electrons. The lowest BCUT2D eigenvalue weighted by atomic mass is 9.91. The lowest BCUT2D eigenvalue weighted by Crippen LogP contribution is -2.25. The minimum atomic E-state index is -1.04. The fourth-order valence-corrected chi connectivity index (χ4v) is 1.47. The summed E-state index contributed by atoms with van der Waals surface area (Å²) in [6, 6.07) is 4.56. The van der Waals surface area contributed by atoms with Crippen LogP contribution in [0.3, 0.4) is 0 Å². The molecule has 1 atom stereocenters. The van der Waals surface area contributed by atoms with Crippen LogP contribution < -0.4 is 5.73 Å². The van der Waals surface area contributed by atoms with E-state index < -0.39 is 5.60 Å². The van der Waals surface area contributed by atoms with E-state index in [1.165, 1.54) is 12.1 Å². The van der Waals surface area contributed by atoms with Crippen LogP contribution in [-0.2, 0) is 5.60 Å². The third-order valence-electron chi connectivity index (χ3n) is 2.30. The zero-order valence-corrected chi connectivity index (χ0v) is 8.55. The van der Waals surface area contributed by atoms with Crippen LogP contribution in [0.25, 0.3) is 0 Å². The van der Waals surface area contributed by atoms with Crippen molar-refractivity contribution in [2.45, 2.75) is 25.9 Å². The summed E-state index contributed by atoms with van der Waals surface area (Å²) in [6.45, 7) is 3.82. The number of rotatable bonds is 3.